The highest BCUT2D eigenvalue weighted by atomic mass is 16.5. The molecule has 0 bridgehead atoms. The number of aromatic nitrogens is 2. The Hall–Kier alpha value is -3.39. The maximum Gasteiger partial charge on any atom is 0.226 e. The standard InChI is InChI=1S/C24H28N4O4/c1-17-16-19(28-12-14-31-15-13-28)8-11-21(17)25-22(29)4-3-5-23-26-24(27-32-23)18-6-9-20(30-2)10-7-18/h6-11,16H,3-5,12-15H2,1-2H3,(H,25,29). The van der Waals surface area contributed by atoms with Gasteiger partial charge in [0.05, 0.1) is 20.3 Å². The summed E-state index contributed by atoms with van der Waals surface area (Å²) in [6, 6.07) is 13.6. The first kappa shape index (κ1) is 21.8. The van der Waals surface area contributed by atoms with Gasteiger partial charge >= 0.3 is 0 Å². The minimum Gasteiger partial charge on any atom is -0.497 e. The molecule has 4 rings (SSSR count). The van der Waals surface area contributed by atoms with Gasteiger partial charge in [-0.2, -0.15) is 4.98 Å². The molecule has 1 N–H and O–H groups in total. The van der Waals surface area contributed by atoms with Crippen LogP contribution < -0.4 is 15.0 Å². The van der Waals surface area contributed by atoms with Gasteiger partial charge in [-0.05, 0) is 61.4 Å². The number of carbonyl (C=O) groups is 1. The molecular weight excluding hydrogens is 408 g/mol. The molecule has 0 atom stereocenters. The Bertz CT molecular complexity index is 1040. The summed E-state index contributed by atoms with van der Waals surface area (Å²) in [6.45, 7) is 5.29. The first-order valence-corrected chi connectivity index (χ1v) is 10.8. The number of amides is 1. The average molecular weight is 437 g/mol. The number of nitrogens with one attached hydrogen (secondary N) is 1. The highest BCUT2D eigenvalue weighted by molar-refractivity contribution is 5.91. The topological polar surface area (TPSA) is 89.7 Å². The number of nitrogens with zero attached hydrogens (tertiary/aromatic N) is 3. The summed E-state index contributed by atoms with van der Waals surface area (Å²) in [7, 11) is 1.62. The summed E-state index contributed by atoms with van der Waals surface area (Å²) < 4.78 is 15.9. The van der Waals surface area contributed by atoms with Gasteiger partial charge in [-0.3, -0.25) is 4.79 Å². The quantitative estimate of drug-likeness (QED) is 0.574. The van der Waals surface area contributed by atoms with Gasteiger partial charge in [-0.15, -0.1) is 0 Å². The fourth-order valence-electron chi connectivity index (χ4n) is 3.63. The van der Waals surface area contributed by atoms with Crippen LogP contribution in [0.15, 0.2) is 47.0 Å². The summed E-state index contributed by atoms with van der Waals surface area (Å²) in [4.78, 5) is 19.1. The van der Waals surface area contributed by atoms with Crippen molar-refractivity contribution in [3.63, 3.8) is 0 Å². The molecule has 0 unspecified atom stereocenters. The van der Waals surface area contributed by atoms with E-state index in [0.29, 0.717) is 31.0 Å². The maximum absolute atomic E-state index is 12.4. The van der Waals surface area contributed by atoms with E-state index in [9.17, 15) is 4.79 Å². The van der Waals surface area contributed by atoms with Gasteiger partial charge in [0.2, 0.25) is 17.6 Å². The van der Waals surface area contributed by atoms with Crippen LogP contribution in [0.25, 0.3) is 11.4 Å². The third-order valence-corrected chi connectivity index (χ3v) is 5.47. The number of anilines is 2. The highest BCUT2D eigenvalue weighted by Crippen LogP contribution is 2.24. The molecule has 8 heteroatoms. The van der Waals surface area contributed by atoms with Crippen molar-refractivity contribution < 1.29 is 18.8 Å². The molecule has 1 saturated heterocycles. The normalized spacial score (nSPS) is 13.8. The van der Waals surface area contributed by atoms with Gasteiger partial charge in [0.15, 0.2) is 0 Å². The molecule has 0 aliphatic carbocycles. The van der Waals surface area contributed by atoms with E-state index in [-0.39, 0.29) is 5.91 Å². The zero-order valence-electron chi connectivity index (χ0n) is 18.5. The van der Waals surface area contributed by atoms with Crippen LogP contribution in [0.2, 0.25) is 0 Å². The number of rotatable bonds is 8. The predicted octanol–water partition coefficient (Wildman–Crippen LogP) is 3.85. The molecule has 2 aromatic carbocycles. The molecule has 2 heterocycles. The fourth-order valence-corrected chi connectivity index (χ4v) is 3.63. The first-order chi connectivity index (χ1) is 15.6. The van der Waals surface area contributed by atoms with Gasteiger partial charge in [0.1, 0.15) is 5.75 Å². The van der Waals surface area contributed by atoms with E-state index in [1.54, 1.807) is 7.11 Å². The van der Waals surface area contributed by atoms with E-state index in [1.807, 2.05) is 43.3 Å². The average Bonchev–Trinajstić information content (AvgIpc) is 3.30. The lowest BCUT2D eigenvalue weighted by Gasteiger charge is -2.29. The molecule has 0 saturated carbocycles. The lowest BCUT2D eigenvalue weighted by atomic mass is 10.1. The van der Waals surface area contributed by atoms with Gasteiger partial charge in [0.25, 0.3) is 0 Å². The van der Waals surface area contributed by atoms with Crippen LogP contribution in [0.3, 0.4) is 0 Å². The Labute approximate surface area is 187 Å². The van der Waals surface area contributed by atoms with Crippen molar-refractivity contribution in [2.24, 2.45) is 0 Å². The summed E-state index contributed by atoms with van der Waals surface area (Å²) in [6.07, 6.45) is 1.55. The lowest BCUT2D eigenvalue weighted by Crippen LogP contribution is -2.36. The Balaban J connectivity index is 1.26. The Kier molecular flexibility index (Phi) is 7.01. The SMILES string of the molecule is COc1ccc(-c2noc(CCCC(=O)Nc3ccc(N4CCOCC4)cc3C)n2)cc1. The van der Waals surface area contributed by atoms with Crippen LogP contribution in [0.5, 0.6) is 5.75 Å². The second kappa shape index (κ2) is 10.3. The largest absolute Gasteiger partial charge is 0.497 e. The summed E-state index contributed by atoms with van der Waals surface area (Å²) in [5.74, 6) is 1.80. The molecule has 1 aliphatic rings. The Morgan fingerprint density at radius 3 is 2.66 bits per heavy atom. The fraction of sp³-hybridized carbons (Fsp3) is 0.375. The zero-order valence-corrected chi connectivity index (χ0v) is 18.5. The molecule has 32 heavy (non-hydrogen) atoms. The number of hydrogen-bond acceptors (Lipinski definition) is 7. The molecule has 1 amide bonds. The van der Waals surface area contributed by atoms with Crippen molar-refractivity contribution in [3.05, 3.63) is 53.9 Å². The Morgan fingerprint density at radius 2 is 1.94 bits per heavy atom. The van der Waals surface area contributed by atoms with Crippen LogP contribution >= 0.6 is 0 Å². The molecule has 1 aromatic heterocycles. The van der Waals surface area contributed by atoms with Crippen molar-refractivity contribution >= 4 is 17.3 Å². The minimum absolute atomic E-state index is 0.0258. The Morgan fingerprint density at radius 1 is 1.16 bits per heavy atom. The van der Waals surface area contributed by atoms with Gasteiger partial charge in [-0.25, -0.2) is 0 Å². The van der Waals surface area contributed by atoms with E-state index in [0.717, 1.165) is 54.6 Å². The molecule has 0 spiro atoms. The number of aryl methyl sites for hydroxylation is 2. The number of morpholine rings is 1. The number of carbonyl (C=O) groups excluding carboxylic acids is 1. The van der Waals surface area contributed by atoms with Crippen molar-refractivity contribution in [2.45, 2.75) is 26.2 Å². The summed E-state index contributed by atoms with van der Waals surface area (Å²) in [5.41, 5.74) is 3.90. The van der Waals surface area contributed by atoms with E-state index in [1.165, 1.54) is 0 Å². The van der Waals surface area contributed by atoms with Crippen molar-refractivity contribution in [1.82, 2.24) is 10.1 Å². The summed E-state index contributed by atoms with van der Waals surface area (Å²) >= 11 is 0. The van der Waals surface area contributed by atoms with E-state index in [2.05, 4.69) is 26.4 Å². The van der Waals surface area contributed by atoms with Gasteiger partial charge in [-0.1, -0.05) is 5.16 Å². The second-order valence-corrected chi connectivity index (χ2v) is 7.74. The molecule has 1 aliphatic heterocycles. The number of ether oxygens (including phenoxy) is 2. The highest BCUT2D eigenvalue weighted by Gasteiger charge is 2.14. The smallest absolute Gasteiger partial charge is 0.226 e. The van der Waals surface area contributed by atoms with Crippen molar-refractivity contribution in [1.29, 1.82) is 0 Å². The van der Waals surface area contributed by atoms with Crippen molar-refractivity contribution in [2.75, 3.05) is 43.6 Å². The van der Waals surface area contributed by atoms with Gasteiger partial charge in [0, 0.05) is 42.9 Å². The molecular formula is C24H28N4O4. The molecule has 3 aromatic rings. The molecule has 8 nitrogen and oxygen atoms in total. The van der Waals surface area contributed by atoms with Gasteiger partial charge < -0.3 is 24.2 Å². The lowest BCUT2D eigenvalue weighted by molar-refractivity contribution is -0.116. The second-order valence-electron chi connectivity index (χ2n) is 7.74. The van der Waals surface area contributed by atoms with Crippen LogP contribution in [-0.4, -0.2) is 49.5 Å². The number of methoxy groups -OCH3 is 1. The third-order valence-electron chi connectivity index (χ3n) is 5.47. The first-order valence-electron chi connectivity index (χ1n) is 10.8. The molecule has 0 radical (unpaired) electrons. The number of benzene rings is 2. The van der Waals surface area contributed by atoms with Crippen LogP contribution in [0.1, 0.15) is 24.3 Å². The zero-order chi connectivity index (χ0) is 22.3. The minimum atomic E-state index is -0.0258. The monoisotopic (exact) mass is 436 g/mol. The number of hydrogen-bond donors (Lipinski definition) is 1. The van der Waals surface area contributed by atoms with E-state index in [4.69, 9.17) is 14.0 Å². The molecule has 168 valence electrons. The predicted molar refractivity (Wildman–Crippen MR) is 122 cm³/mol. The van der Waals surface area contributed by atoms with E-state index < -0.39 is 0 Å². The summed E-state index contributed by atoms with van der Waals surface area (Å²) in [5, 5.41) is 7.03. The maximum atomic E-state index is 12.4. The van der Waals surface area contributed by atoms with Crippen LogP contribution in [-0.2, 0) is 16.0 Å². The van der Waals surface area contributed by atoms with Crippen LogP contribution in [0, 0.1) is 6.92 Å². The molecule has 1 fully saturated rings. The van der Waals surface area contributed by atoms with Crippen molar-refractivity contribution in [3.8, 4) is 17.1 Å². The third kappa shape index (κ3) is 5.45. The van der Waals surface area contributed by atoms with Crippen LogP contribution in [0.4, 0.5) is 11.4 Å². The van der Waals surface area contributed by atoms with E-state index >= 15 is 0 Å².